The zero-order valence-corrected chi connectivity index (χ0v) is 8.94. The molecule has 0 aliphatic carbocycles. The van der Waals surface area contributed by atoms with Crippen molar-refractivity contribution >= 4 is 5.69 Å². The Labute approximate surface area is 89.8 Å². The minimum absolute atomic E-state index is 0.504. The van der Waals surface area contributed by atoms with Crippen LogP contribution in [0.25, 0.3) is 0 Å². The maximum Gasteiger partial charge on any atom is 0.142 e. The van der Waals surface area contributed by atoms with Crippen LogP contribution in [0.4, 0.5) is 5.69 Å². The van der Waals surface area contributed by atoms with Gasteiger partial charge in [0, 0.05) is 5.56 Å². The SMILES string of the molecule is COc1cccc(C(O)CCCN)c1N. The molecular weight excluding hydrogens is 192 g/mol. The molecule has 0 aliphatic heterocycles. The summed E-state index contributed by atoms with van der Waals surface area (Å²) in [6.45, 7) is 0.570. The number of rotatable bonds is 5. The van der Waals surface area contributed by atoms with Gasteiger partial charge in [0.05, 0.1) is 18.9 Å². The molecule has 0 amide bonds. The Bertz CT molecular complexity index is 315. The second kappa shape index (κ2) is 5.58. The molecule has 15 heavy (non-hydrogen) atoms. The minimum Gasteiger partial charge on any atom is -0.495 e. The average Bonchev–Trinajstić information content (AvgIpc) is 2.26. The van der Waals surface area contributed by atoms with Crippen LogP contribution in [-0.4, -0.2) is 18.8 Å². The lowest BCUT2D eigenvalue weighted by Gasteiger charge is -2.15. The Morgan fingerprint density at radius 3 is 2.80 bits per heavy atom. The highest BCUT2D eigenvalue weighted by Gasteiger charge is 2.12. The van der Waals surface area contributed by atoms with Gasteiger partial charge in [-0.05, 0) is 25.5 Å². The number of para-hydroxylation sites is 1. The van der Waals surface area contributed by atoms with E-state index in [0.717, 1.165) is 6.42 Å². The van der Waals surface area contributed by atoms with Gasteiger partial charge in [0.15, 0.2) is 0 Å². The van der Waals surface area contributed by atoms with Gasteiger partial charge in [0.25, 0.3) is 0 Å². The van der Waals surface area contributed by atoms with Crippen molar-refractivity contribution in [2.75, 3.05) is 19.4 Å². The molecule has 0 heterocycles. The number of aliphatic hydroxyl groups excluding tert-OH is 1. The van der Waals surface area contributed by atoms with Crippen molar-refractivity contribution in [3.05, 3.63) is 23.8 Å². The Morgan fingerprint density at radius 2 is 2.20 bits per heavy atom. The number of ether oxygens (including phenoxy) is 1. The van der Waals surface area contributed by atoms with Crippen LogP contribution in [0.15, 0.2) is 18.2 Å². The average molecular weight is 210 g/mol. The summed E-state index contributed by atoms with van der Waals surface area (Å²) < 4.78 is 5.08. The molecule has 1 atom stereocenters. The van der Waals surface area contributed by atoms with Crippen LogP contribution in [-0.2, 0) is 0 Å². The summed E-state index contributed by atoms with van der Waals surface area (Å²) in [7, 11) is 1.56. The molecule has 0 saturated carbocycles. The third-order valence-corrected chi connectivity index (χ3v) is 2.36. The molecule has 4 nitrogen and oxygen atoms in total. The first-order valence-electron chi connectivity index (χ1n) is 5.01. The van der Waals surface area contributed by atoms with Crippen molar-refractivity contribution in [3.8, 4) is 5.75 Å². The van der Waals surface area contributed by atoms with Gasteiger partial charge in [-0.25, -0.2) is 0 Å². The minimum atomic E-state index is -0.566. The summed E-state index contributed by atoms with van der Waals surface area (Å²) in [5.74, 6) is 0.597. The Balaban J connectivity index is 2.83. The van der Waals surface area contributed by atoms with Gasteiger partial charge in [0.2, 0.25) is 0 Å². The highest BCUT2D eigenvalue weighted by Crippen LogP contribution is 2.31. The van der Waals surface area contributed by atoms with Crippen molar-refractivity contribution < 1.29 is 9.84 Å². The summed E-state index contributed by atoms with van der Waals surface area (Å²) in [5, 5.41) is 9.86. The largest absolute Gasteiger partial charge is 0.495 e. The molecule has 1 aromatic rings. The fraction of sp³-hybridized carbons (Fsp3) is 0.455. The van der Waals surface area contributed by atoms with E-state index in [2.05, 4.69) is 0 Å². The van der Waals surface area contributed by atoms with Crippen LogP contribution in [0, 0.1) is 0 Å². The van der Waals surface area contributed by atoms with E-state index < -0.39 is 6.10 Å². The fourth-order valence-corrected chi connectivity index (χ4v) is 1.50. The van der Waals surface area contributed by atoms with Gasteiger partial charge in [-0.3, -0.25) is 0 Å². The van der Waals surface area contributed by atoms with Crippen molar-refractivity contribution in [1.82, 2.24) is 0 Å². The van der Waals surface area contributed by atoms with E-state index >= 15 is 0 Å². The van der Waals surface area contributed by atoms with Crippen LogP contribution in [0.1, 0.15) is 24.5 Å². The fourth-order valence-electron chi connectivity index (χ4n) is 1.50. The zero-order chi connectivity index (χ0) is 11.3. The van der Waals surface area contributed by atoms with Crippen molar-refractivity contribution in [2.45, 2.75) is 18.9 Å². The quantitative estimate of drug-likeness (QED) is 0.634. The van der Waals surface area contributed by atoms with Gasteiger partial charge >= 0.3 is 0 Å². The molecule has 0 radical (unpaired) electrons. The predicted molar refractivity (Wildman–Crippen MR) is 60.7 cm³/mol. The molecule has 4 heteroatoms. The molecule has 0 spiro atoms. The molecule has 1 unspecified atom stereocenters. The molecular formula is C11H18N2O2. The Hall–Kier alpha value is -1.26. The first-order chi connectivity index (χ1) is 7.20. The Morgan fingerprint density at radius 1 is 1.47 bits per heavy atom. The number of methoxy groups -OCH3 is 1. The number of hydrogen-bond donors (Lipinski definition) is 3. The summed E-state index contributed by atoms with van der Waals surface area (Å²) >= 11 is 0. The molecule has 0 saturated heterocycles. The number of nitrogens with two attached hydrogens (primary N) is 2. The van der Waals surface area contributed by atoms with Gasteiger partial charge in [0.1, 0.15) is 5.75 Å². The normalized spacial score (nSPS) is 12.5. The van der Waals surface area contributed by atoms with Gasteiger partial charge < -0.3 is 21.3 Å². The molecule has 1 rings (SSSR count). The lowest BCUT2D eigenvalue weighted by Crippen LogP contribution is -2.06. The number of anilines is 1. The monoisotopic (exact) mass is 210 g/mol. The predicted octanol–water partition coefficient (Wildman–Crippen LogP) is 1.05. The van der Waals surface area contributed by atoms with E-state index in [1.807, 2.05) is 6.07 Å². The number of aliphatic hydroxyl groups is 1. The number of nitrogen functional groups attached to an aromatic ring is 1. The van der Waals surface area contributed by atoms with E-state index in [0.29, 0.717) is 30.0 Å². The maximum absolute atomic E-state index is 9.86. The number of benzene rings is 1. The maximum atomic E-state index is 9.86. The van der Waals surface area contributed by atoms with Crippen LogP contribution >= 0.6 is 0 Å². The smallest absolute Gasteiger partial charge is 0.142 e. The lowest BCUT2D eigenvalue weighted by molar-refractivity contribution is 0.166. The molecule has 0 bridgehead atoms. The first-order valence-corrected chi connectivity index (χ1v) is 5.01. The zero-order valence-electron chi connectivity index (χ0n) is 8.94. The molecule has 0 aromatic heterocycles. The van der Waals surface area contributed by atoms with Crippen molar-refractivity contribution in [1.29, 1.82) is 0 Å². The summed E-state index contributed by atoms with van der Waals surface area (Å²) in [4.78, 5) is 0. The second-order valence-electron chi connectivity index (χ2n) is 3.41. The molecule has 0 aliphatic rings. The lowest BCUT2D eigenvalue weighted by atomic mass is 10.0. The van der Waals surface area contributed by atoms with Gasteiger partial charge in [-0.1, -0.05) is 12.1 Å². The van der Waals surface area contributed by atoms with Gasteiger partial charge in [-0.15, -0.1) is 0 Å². The van der Waals surface area contributed by atoms with Crippen molar-refractivity contribution in [3.63, 3.8) is 0 Å². The van der Waals surface area contributed by atoms with Crippen LogP contribution in [0.2, 0.25) is 0 Å². The van der Waals surface area contributed by atoms with Crippen LogP contribution in [0.3, 0.4) is 0 Å². The molecule has 84 valence electrons. The first kappa shape index (κ1) is 11.8. The van der Waals surface area contributed by atoms with Crippen LogP contribution in [0.5, 0.6) is 5.75 Å². The van der Waals surface area contributed by atoms with E-state index in [-0.39, 0.29) is 0 Å². The summed E-state index contributed by atoms with van der Waals surface area (Å²) in [6.07, 6.45) is 0.828. The third-order valence-electron chi connectivity index (χ3n) is 2.36. The van der Waals surface area contributed by atoms with Crippen LogP contribution < -0.4 is 16.2 Å². The van der Waals surface area contributed by atoms with E-state index in [9.17, 15) is 5.11 Å². The molecule has 0 fully saturated rings. The highest BCUT2D eigenvalue weighted by atomic mass is 16.5. The molecule has 1 aromatic carbocycles. The third kappa shape index (κ3) is 2.84. The Kier molecular flexibility index (Phi) is 4.39. The summed E-state index contributed by atoms with van der Waals surface area (Å²) in [5.41, 5.74) is 12.4. The van der Waals surface area contributed by atoms with E-state index in [1.165, 1.54) is 0 Å². The van der Waals surface area contributed by atoms with E-state index in [4.69, 9.17) is 16.2 Å². The molecule has 5 N–H and O–H groups in total. The topological polar surface area (TPSA) is 81.5 Å². The summed E-state index contributed by atoms with van der Waals surface area (Å²) in [6, 6.07) is 5.39. The second-order valence-corrected chi connectivity index (χ2v) is 3.41. The van der Waals surface area contributed by atoms with Gasteiger partial charge in [-0.2, -0.15) is 0 Å². The highest BCUT2D eigenvalue weighted by molar-refractivity contribution is 5.59. The van der Waals surface area contributed by atoms with E-state index in [1.54, 1.807) is 19.2 Å². The number of hydrogen-bond acceptors (Lipinski definition) is 4. The van der Waals surface area contributed by atoms with Crippen molar-refractivity contribution in [2.24, 2.45) is 5.73 Å². The standard InChI is InChI=1S/C11H18N2O2/c1-15-10-6-2-4-8(11(10)13)9(14)5-3-7-12/h2,4,6,9,14H,3,5,7,12-13H2,1H3.